The molecule has 0 bridgehead atoms. The first-order valence-corrected chi connectivity index (χ1v) is 23.5. The van der Waals surface area contributed by atoms with Crippen LogP contribution in [0.25, 0.3) is 0 Å². The monoisotopic (exact) mass is 841 g/mol. The summed E-state index contributed by atoms with van der Waals surface area (Å²) in [6, 6.07) is 0. The van der Waals surface area contributed by atoms with Crippen molar-refractivity contribution in [1.82, 2.24) is 0 Å². The van der Waals surface area contributed by atoms with Crippen LogP contribution in [0, 0.1) is 0 Å². The molecule has 1 heterocycles. The average molecular weight is 841 g/mol. The topological polar surface area (TPSA) is 186 Å². The fourth-order valence-corrected chi connectivity index (χ4v) is 6.88. The van der Waals surface area contributed by atoms with Gasteiger partial charge in [0.1, 0.15) is 36.8 Å². The van der Waals surface area contributed by atoms with Crippen LogP contribution in [0.4, 0.5) is 0 Å². The number of carbonyl (C=O) groups excluding carboxylic acids is 2. The normalized spacial score (nSPS) is 21.0. The highest BCUT2D eigenvalue weighted by Crippen LogP contribution is 2.24. The molecule has 12 nitrogen and oxygen atoms in total. The van der Waals surface area contributed by atoms with E-state index in [9.17, 15) is 37.9 Å². The van der Waals surface area contributed by atoms with E-state index in [2.05, 4.69) is 74.6 Å². The van der Waals surface area contributed by atoms with Crippen molar-refractivity contribution in [2.24, 2.45) is 0 Å². The molecule has 2 unspecified atom stereocenters. The largest absolute Gasteiger partial charge is 0.462 e. The lowest BCUT2D eigenvalue weighted by molar-refractivity contribution is -0.297. The van der Waals surface area contributed by atoms with Crippen molar-refractivity contribution in [3.05, 3.63) is 60.8 Å². The number of rotatable bonds is 35. The first-order chi connectivity index (χ1) is 28.0. The maximum Gasteiger partial charge on any atom is 0.306 e. The lowest BCUT2D eigenvalue weighted by atomic mass is 10.00. The fourth-order valence-electron chi connectivity index (χ4n) is 6.19. The molecule has 0 amide bonds. The molecular formula is C45H76O12S. The highest BCUT2D eigenvalue weighted by Gasteiger charge is 2.46. The molecule has 6 atom stereocenters. The molecule has 1 rings (SSSR count). The highest BCUT2D eigenvalue weighted by atomic mass is 32.2. The van der Waals surface area contributed by atoms with Gasteiger partial charge in [-0.3, -0.25) is 14.1 Å². The lowest BCUT2D eigenvalue weighted by Crippen LogP contribution is -2.60. The lowest BCUT2D eigenvalue weighted by Gasteiger charge is -2.40. The summed E-state index contributed by atoms with van der Waals surface area (Å²) in [5, 5.41) is 30.8. The number of carbonyl (C=O) groups is 2. The third-order valence-corrected chi connectivity index (χ3v) is 10.3. The van der Waals surface area contributed by atoms with Gasteiger partial charge < -0.3 is 34.3 Å². The second kappa shape index (κ2) is 35.1. The van der Waals surface area contributed by atoms with Crippen LogP contribution in [0.5, 0.6) is 0 Å². The van der Waals surface area contributed by atoms with Crippen molar-refractivity contribution < 1.29 is 56.8 Å². The predicted octanol–water partition coefficient (Wildman–Crippen LogP) is 8.56. The number of aliphatic hydroxyl groups is 3. The van der Waals surface area contributed by atoms with Crippen LogP contribution in [-0.4, -0.2) is 96.0 Å². The van der Waals surface area contributed by atoms with Crippen molar-refractivity contribution >= 4 is 22.1 Å². The number of allylic oxidation sites excluding steroid dienone is 10. The first kappa shape index (κ1) is 53.4. The molecule has 334 valence electrons. The number of hydrogen-bond donors (Lipinski definition) is 4. The van der Waals surface area contributed by atoms with Crippen LogP contribution < -0.4 is 0 Å². The summed E-state index contributed by atoms with van der Waals surface area (Å²) in [5.74, 6) is -2.07. The fraction of sp³-hybridized carbons (Fsp3) is 0.733. The number of esters is 2. The van der Waals surface area contributed by atoms with Crippen LogP contribution in [0.1, 0.15) is 155 Å². The van der Waals surface area contributed by atoms with Gasteiger partial charge in [0.05, 0.1) is 6.61 Å². The zero-order valence-electron chi connectivity index (χ0n) is 35.4. The Kier molecular flexibility index (Phi) is 32.3. The summed E-state index contributed by atoms with van der Waals surface area (Å²) in [4.78, 5) is 25.3. The highest BCUT2D eigenvalue weighted by molar-refractivity contribution is 7.85. The van der Waals surface area contributed by atoms with E-state index in [0.717, 1.165) is 57.8 Å². The minimum atomic E-state index is -4.61. The Morgan fingerprint density at radius 1 is 0.603 bits per heavy atom. The second-order valence-corrected chi connectivity index (χ2v) is 16.5. The van der Waals surface area contributed by atoms with Crippen molar-refractivity contribution in [2.75, 3.05) is 19.0 Å². The molecular weight excluding hydrogens is 765 g/mol. The quantitative estimate of drug-likeness (QED) is 0.0207. The maximum absolute atomic E-state index is 12.8. The zero-order valence-corrected chi connectivity index (χ0v) is 36.2. The van der Waals surface area contributed by atoms with E-state index < -0.39 is 71.2 Å². The minimum absolute atomic E-state index is 0.123. The molecule has 0 saturated carbocycles. The average Bonchev–Trinajstić information content (AvgIpc) is 3.18. The first-order valence-electron chi connectivity index (χ1n) is 21.8. The van der Waals surface area contributed by atoms with E-state index in [-0.39, 0.29) is 19.4 Å². The predicted molar refractivity (Wildman–Crippen MR) is 229 cm³/mol. The molecule has 1 fully saturated rings. The Labute approximate surface area is 349 Å². The maximum atomic E-state index is 12.8. The van der Waals surface area contributed by atoms with Gasteiger partial charge in [-0.15, -0.1) is 0 Å². The molecule has 4 N–H and O–H groups in total. The summed E-state index contributed by atoms with van der Waals surface area (Å²) < 4.78 is 53.9. The molecule has 13 heteroatoms. The zero-order chi connectivity index (χ0) is 42.7. The molecule has 0 aromatic carbocycles. The van der Waals surface area contributed by atoms with Crippen molar-refractivity contribution in [3.63, 3.8) is 0 Å². The Bertz CT molecular complexity index is 1310. The van der Waals surface area contributed by atoms with Gasteiger partial charge in [0.2, 0.25) is 0 Å². The number of ether oxygens (including phenoxy) is 4. The standard InChI is InChI=1S/C45H76O12S/c1-3-5-7-9-11-13-15-17-19-21-23-25-27-29-31-33-40(46)54-35-38(36-55-45-44(50)43(49)42(48)39(57-45)37-58(51,52)53)56-41(47)34-32-30-28-26-24-22-20-18-16-14-12-10-8-6-4-2/h5,7,11,13,17,19,23-26,38-39,42-45,48-50H,3-4,6,8-10,12,14-16,18,20-22,27-37H2,1-2H3,(H,51,52,53)/b7-5+,13-11+,19-17+,25-23+,26-24+/t38-,39-,42-,43?,44?,45+/m1/s1. The van der Waals surface area contributed by atoms with Gasteiger partial charge in [0.15, 0.2) is 12.4 Å². The van der Waals surface area contributed by atoms with Crippen molar-refractivity contribution in [3.8, 4) is 0 Å². The molecule has 1 aliphatic rings. The summed E-state index contributed by atoms with van der Waals surface area (Å²) in [6.07, 6.45) is 32.8. The van der Waals surface area contributed by atoms with Gasteiger partial charge in [0, 0.05) is 12.8 Å². The Morgan fingerprint density at radius 2 is 1.09 bits per heavy atom. The summed E-state index contributed by atoms with van der Waals surface area (Å²) in [5.41, 5.74) is 0. The van der Waals surface area contributed by atoms with E-state index in [1.807, 2.05) is 0 Å². The molecule has 0 aromatic heterocycles. The minimum Gasteiger partial charge on any atom is -0.462 e. The second-order valence-electron chi connectivity index (χ2n) is 15.0. The molecule has 1 aliphatic heterocycles. The van der Waals surface area contributed by atoms with Gasteiger partial charge in [0.25, 0.3) is 10.1 Å². The van der Waals surface area contributed by atoms with E-state index in [4.69, 9.17) is 18.9 Å². The van der Waals surface area contributed by atoms with Crippen LogP contribution in [0.15, 0.2) is 60.8 Å². The molecule has 0 aromatic rings. The van der Waals surface area contributed by atoms with Gasteiger partial charge >= 0.3 is 11.9 Å². The third-order valence-electron chi connectivity index (χ3n) is 9.58. The van der Waals surface area contributed by atoms with Crippen LogP contribution in [0.3, 0.4) is 0 Å². The molecule has 0 radical (unpaired) electrons. The summed E-state index contributed by atoms with van der Waals surface area (Å²) in [6.45, 7) is 3.58. The van der Waals surface area contributed by atoms with Crippen LogP contribution >= 0.6 is 0 Å². The number of aliphatic hydroxyl groups excluding tert-OH is 3. The molecule has 1 saturated heterocycles. The number of hydrogen-bond acceptors (Lipinski definition) is 11. The van der Waals surface area contributed by atoms with Crippen molar-refractivity contribution in [2.45, 2.75) is 192 Å². The Hall–Kier alpha value is -2.65. The summed E-state index contributed by atoms with van der Waals surface area (Å²) >= 11 is 0. The van der Waals surface area contributed by atoms with Gasteiger partial charge in [-0.05, 0) is 77.0 Å². The third kappa shape index (κ3) is 29.5. The van der Waals surface area contributed by atoms with Gasteiger partial charge in [-0.2, -0.15) is 8.42 Å². The number of unbranched alkanes of at least 4 members (excludes halogenated alkanes) is 13. The molecule has 0 aliphatic carbocycles. The Balaban J connectivity index is 2.52. The van der Waals surface area contributed by atoms with Crippen molar-refractivity contribution in [1.29, 1.82) is 0 Å². The smallest absolute Gasteiger partial charge is 0.306 e. The Morgan fingerprint density at radius 3 is 1.64 bits per heavy atom. The van der Waals surface area contributed by atoms with E-state index in [0.29, 0.717) is 12.8 Å². The SMILES string of the molecule is CC/C=C/C/C=C/C/C=C/C/C=C/CCCCC(=O)OC[C@H](CO[C@H]1O[C@H](CS(=O)(=O)O)[C@@H](O)C(O)C1O)OC(=O)CCCC/C=C/CCCCCCCCCCC. The molecule has 58 heavy (non-hydrogen) atoms. The van der Waals surface area contributed by atoms with Crippen LogP contribution in [0.2, 0.25) is 0 Å². The van der Waals surface area contributed by atoms with E-state index in [1.54, 1.807) is 0 Å². The van der Waals surface area contributed by atoms with Gasteiger partial charge in [-0.1, -0.05) is 126 Å². The summed E-state index contributed by atoms with van der Waals surface area (Å²) in [7, 11) is -4.61. The molecule has 0 spiro atoms. The van der Waals surface area contributed by atoms with E-state index >= 15 is 0 Å². The van der Waals surface area contributed by atoms with Gasteiger partial charge in [-0.25, -0.2) is 0 Å². The van der Waals surface area contributed by atoms with Crippen LogP contribution in [-0.2, 0) is 38.7 Å². The van der Waals surface area contributed by atoms with E-state index in [1.165, 1.54) is 57.8 Å².